The average Bonchev–Trinajstić information content (AvgIpc) is 2.70. The third-order valence-corrected chi connectivity index (χ3v) is 2.76. The van der Waals surface area contributed by atoms with Crippen LogP contribution in [0.1, 0.15) is 13.8 Å². The molecule has 0 aliphatic heterocycles. The Morgan fingerprint density at radius 2 is 2.22 bits per heavy atom. The highest BCUT2D eigenvalue weighted by Gasteiger charge is 2.06. The highest BCUT2D eigenvalue weighted by molar-refractivity contribution is 6.30. The first-order chi connectivity index (χ1) is 8.56. The number of aromatic nitrogens is 2. The number of imidazole rings is 1. The summed E-state index contributed by atoms with van der Waals surface area (Å²) in [5.41, 5.74) is 0.633. The van der Waals surface area contributed by atoms with Crippen LogP contribution < -0.4 is 5.32 Å². The topological polar surface area (TPSA) is 29.9 Å². The molecule has 0 amide bonds. The van der Waals surface area contributed by atoms with Gasteiger partial charge < -0.3 is 9.88 Å². The van der Waals surface area contributed by atoms with Crippen LogP contribution in [0.25, 0.3) is 0 Å². The Balaban J connectivity index is 2.18. The zero-order chi connectivity index (χ0) is 13.1. The van der Waals surface area contributed by atoms with E-state index in [9.17, 15) is 4.39 Å². The molecule has 0 saturated heterocycles. The maximum atomic E-state index is 13.3. The number of anilines is 2. The Hall–Kier alpha value is -1.55. The standard InChI is InChI=1S/C13H15ClFN3/c1-9(2)8-18-6-5-16-13(18)17-10-3-4-11(14)12(15)7-10/h3-7,9H,8H2,1-2H3,(H,16,17). The first-order valence-electron chi connectivity index (χ1n) is 5.79. The van der Waals surface area contributed by atoms with Crippen molar-refractivity contribution in [1.29, 1.82) is 0 Å². The highest BCUT2D eigenvalue weighted by Crippen LogP contribution is 2.21. The molecule has 0 saturated carbocycles. The van der Waals surface area contributed by atoms with Crippen molar-refractivity contribution in [2.45, 2.75) is 20.4 Å². The number of benzene rings is 1. The van der Waals surface area contributed by atoms with E-state index in [0.29, 0.717) is 17.6 Å². The molecule has 0 bridgehead atoms. The van der Waals surface area contributed by atoms with Gasteiger partial charge in [0.15, 0.2) is 0 Å². The summed E-state index contributed by atoms with van der Waals surface area (Å²) in [5.74, 6) is 0.774. The average molecular weight is 268 g/mol. The Morgan fingerprint density at radius 3 is 2.89 bits per heavy atom. The van der Waals surface area contributed by atoms with Gasteiger partial charge >= 0.3 is 0 Å². The summed E-state index contributed by atoms with van der Waals surface area (Å²) in [5, 5.41) is 3.20. The molecule has 3 nitrogen and oxygen atoms in total. The summed E-state index contributed by atoms with van der Waals surface area (Å²) >= 11 is 5.64. The van der Waals surface area contributed by atoms with Gasteiger partial charge in [-0.25, -0.2) is 9.37 Å². The highest BCUT2D eigenvalue weighted by atomic mass is 35.5. The van der Waals surface area contributed by atoms with Crippen LogP contribution in [0.15, 0.2) is 30.6 Å². The largest absolute Gasteiger partial charge is 0.326 e. The molecular weight excluding hydrogens is 253 g/mol. The number of nitrogens with zero attached hydrogens (tertiary/aromatic N) is 2. The Bertz CT molecular complexity index is 537. The molecule has 0 fully saturated rings. The van der Waals surface area contributed by atoms with Crippen molar-refractivity contribution in [3.63, 3.8) is 0 Å². The number of hydrogen-bond donors (Lipinski definition) is 1. The van der Waals surface area contributed by atoms with E-state index in [2.05, 4.69) is 24.1 Å². The lowest BCUT2D eigenvalue weighted by Crippen LogP contribution is -2.07. The third kappa shape index (κ3) is 3.01. The molecule has 96 valence electrons. The Morgan fingerprint density at radius 1 is 1.44 bits per heavy atom. The van der Waals surface area contributed by atoms with E-state index in [0.717, 1.165) is 6.54 Å². The van der Waals surface area contributed by atoms with Crippen LogP contribution >= 0.6 is 11.6 Å². The van der Waals surface area contributed by atoms with E-state index in [1.165, 1.54) is 12.1 Å². The van der Waals surface area contributed by atoms with Crippen LogP contribution in [0, 0.1) is 11.7 Å². The van der Waals surface area contributed by atoms with Crippen LogP contribution in [0.2, 0.25) is 5.02 Å². The minimum atomic E-state index is -0.441. The van der Waals surface area contributed by atoms with E-state index in [-0.39, 0.29) is 5.02 Å². The second-order valence-electron chi connectivity index (χ2n) is 4.55. The summed E-state index contributed by atoms with van der Waals surface area (Å²) in [6.07, 6.45) is 3.62. The first kappa shape index (κ1) is 12.9. The number of halogens is 2. The molecule has 0 aliphatic rings. The molecule has 2 aromatic rings. The smallest absolute Gasteiger partial charge is 0.207 e. The van der Waals surface area contributed by atoms with Crippen molar-refractivity contribution >= 4 is 23.2 Å². The lowest BCUT2D eigenvalue weighted by atomic mass is 10.2. The van der Waals surface area contributed by atoms with E-state index >= 15 is 0 Å². The van der Waals surface area contributed by atoms with Crippen molar-refractivity contribution in [2.75, 3.05) is 5.32 Å². The van der Waals surface area contributed by atoms with Crippen LogP contribution in [-0.2, 0) is 6.54 Å². The molecule has 1 N–H and O–H groups in total. The van der Waals surface area contributed by atoms with Gasteiger partial charge in [0.25, 0.3) is 0 Å². The van der Waals surface area contributed by atoms with Gasteiger partial charge in [0.2, 0.25) is 5.95 Å². The lowest BCUT2D eigenvalue weighted by Gasteiger charge is -2.11. The van der Waals surface area contributed by atoms with Crippen molar-refractivity contribution in [3.05, 3.63) is 41.4 Å². The van der Waals surface area contributed by atoms with Gasteiger partial charge in [-0.2, -0.15) is 0 Å². The first-order valence-corrected chi connectivity index (χ1v) is 6.17. The normalized spacial score (nSPS) is 10.9. The van der Waals surface area contributed by atoms with Crippen molar-refractivity contribution < 1.29 is 4.39 Å². The van der Waals surface area contributed by atoms with Crippen molar-refractivity contribution in [1.82, 2.24) is 9.55 Å². The Kier molecular flexibility index (Phi) is 3.87. The van der Waals surface area contributed by atoms with E-state index < -0.39 is 5.82 Å². The molecule has 1 aromatic heterocycles. The molecule has 1 heterocycles. The van der Waals surface area contributed by atoms with Gasteiger partial charge in [-0.1, -0.05) is 25.4 Å². The zero-order valence-electron chi connectivity index (χ0n) is 10.3. The molecule has 18 heavy (non-hydrogen) atoms. The lowest BCUT2D eigenvalue weighted by molar-refractivity contribution is 0.527. The fraction of sp³-hybridized carbons (Fsp3) is 0.308. The maximum absolute atomic E-state index is 13.3. The molecule has 0 aliphatic carbocycles. The summed E-state index contributed by atoms with van der Waals surface area (Å²) in [7, 11) is 0. The van der Waals surface area contributed by atoms with Gasteiger partial charge in [-0.05, 0) is 24.1 Å². The molecule has 0 spiro atoms. The van der Waals surface area contributed by atoms with Gasteiger partial charge in [-0.15, -0.1) is 0 Å². The van der Waals surface area contributed by atoms with Crippen molar-refractivity contribution in [3.8, 4) is 0 Å². The summed E-state index contributed by atoms with van der Waals surface area (Å²) in [6, 6.07) is 4.60. The molecule has 0 atom stereocenters. The predicted molar refractivity (Wildman–Crippen MR) is 71.8 cm³/mol. The minimum absolute atomic E-state index is 0.117. The van der Waals surface area contributed by atoms with Crippen LogP contribution in [0.5, 0.6) is 0 Å². The second kappa shape index (κ2) is 5.40. The molecule has 0 unspecified atom stereocenters. The monoisotopic (exact) mass is 267 g/mol. The second-order valence-corrected chi connectivity index (χ2v) is 4.96. The van der Waals surface area contributed by atoms with Gasteiger partial charge in [0.1, 0.15) is 5.82 Å². The number of hydrogen-bond acceptors (Lipinski definition) is 2. The van der Waals surface area contributed by atoms with Crippen molar-refractivity contribution in [2.24, 2.45) is 5.92 Å². The van der Waals surface area contributed by atoms with Gasteiger partial charge in [0.05, 0.1) is 5.02 Å². The van der Waals surface area contributed by atoms with Crippen LogP contribution in [0.3, 0.4) is 0 Å². The van der Waals surface area contributed by atoms with E-state index in [4.69, 9.17) is 11.6 Å². The SMILES string of the molecule is CC(C)Cn1ccnc1Nc1ccc(Cl)c(F)c1. The summed E-state index contributed by atoms with van der Waals surface area (Å²) in [6.45, 7) is 5.12. The zero-order valence-corrected chi connectivity index (χ0v) is 11.1. The fourth-order valence-corrected chi connectivity index (χ4v) is 1.79. The summed E-state index contributed by atoms with van der Waals surface area (Å²) < 4.78 is 15.3. The predicted octanol–water partition coefficient (Wildman–Crippen LogP) is 4.08. The Labute approximate surface area is 111 Å². The molecule has 1 aromatic carbocycles. The quantitative estimate of drug-likeness (QED) is 0.905. The maximum Gasteiger partial charge on any atom is 0.207 e. The molecular formula is C13H15ClFN3. The molecule has 5 heteroatoms. The molecule has 0 radical (unpaired) electrons. The van der Waals surface area contributed by atoms with Gasteiger partial charge in [-0.3, -0.25) is 0 Å². The third-order valence-electron chi connectivity index (χ3n) is 2.45. The summed E-state index contributed by atoms with van der Waals surface area (Å²) in [4.78, 5) is 4.21. The number of rotatable bonds is 4. The van der Waals surface area contributed by atoms with Crippen LogP contribution in [-0.4, -0.2) is 9.55 Å². The van der Waals surface area contributed by atoms with Gasteiger partial charge in [0, 0.05) is 24.6 Å². The van der Waals surface area contributed by atoms with E-state index in [1.54, 1.807) is 12.3 Å². The number of nitrogens with one attached hydrogen (secondary N) is 1. The molecule has 2 rings (SSSR count). The van der Waals surface area contributed by atoms with E-state index in [1.807, 2.05) is 10.8 Å². The minimum Gasteiger partial charge on any atom is -0.326 e. The van der Waals surface area contributed by atoms with Crippen LogP contribution in [0.4, 0.5) is 16.0 Å². The fourth-order valence-electron chi connectivity index (χ4n) is 1.68.